The summed E-state index contributed by atoms with van der Waals surface area (Å²) in [6.07, 6.45) is 0. The maximum absolute atomic E-state index is 13.4. The minimum absolute atomic E-state index is 0.0767. The van der Waals surface area contributed by atoms with E-state index in [4.69, 9.17) is 0 Å². The van der Waals surface area contributed by atoms with Crippen LogP contribution in [0.1, 0.15) is 25.0 Å². The van der Waals surface area contributed by atoms with Gasteiger partial charge in [0.2, 0.25) is 0 Å². The Balaban J connectivity index is 1.91. The Morgan fingerprint density at radius 3 is 1.93 bits per heavy atom. The molecule has 1 aliphatic heterocycles. The van der Waals surface area contributed by atoms with Gasteiger partial charge in [-0.3, -0.25) is 9.69 Å². The number of imide groups is 1. The van der Waals surface area contributed by atoms with Gasteiger partial charge in [0, 0.05) is 0 Å². The zero-order chi connectivity index (χ0) is 20.0. The lowest BCUT2D eigenvalue weighted by Crippen LogP contribution is -2.45. The Kier molecular flexibility index (Phi) is 6.13. The highest BCUT2D eigenvalue weighted by Crippen LogP contribution is 2.35. The first kappa shape index (κ1) is 19.7. The number of nitrogens with one attached hydrogen (secondary N) is 1. The highest BCUT2D eigenvalue weighted by molar-refractivity contribution is 6.09. The molecule has 1 saturated heterocycles. The van der Waals surface area contributed by atoms with Crippen LogP contribution in [0.3, 0.4) is 0 Å². The van der Waals surface area contributed by atoms with Gasteiger partial charge in [0.25, 0.3) is 5.91 Å². The van der Waals surface area contributed by atoms with Crippen LogP contribution in [0.4, 0.5) is 4.79 Å². The molecule has 0 spiro atoms. The van der Waals surface area contributed by atoms with E-state index in [1.54, 1.807) is 0 Å². The average Bonchev–Trinajstić information content (AvgIpc) is 3.00. The van der Waals surface area contributed by atoms with E-state index in [0.717, 1.165) is 24.2 Å². The van der Waals surface area contributed by atoms with Crippen molar-refractivity contribution >= 4 is 11.9 Å². The molecule has 1 fully saturated rings. The molecule has 1 aliphatic rings. The lowest BCUT2D eigenvalue weighted by Gasteiger charge is -2.27. The molecule has 5 nitrogen and oxygen atoms in total. The maximum Gasteiger partial charge on any atom is 0.326 e. The number of hydrogen-bond acceptors (Lipinski definition) is 3. The smallest absolute Gasteiger partial charge is 0.315 e. The first-order valence-corrected chi connectivity index (χ1v) is 9.56. The van der Waals surface area contributed by atoms with Gasteiger partial charge in [0.05, 0.1) is 13.1 Å². The van der Waals surface area contributed by atoms with Crippen LogP contribution in [0.5, 0.6) is 0 Å². The van der Waals surface area contributed by atoms with Crippen molar-refractivity contribution in [2.75, 3.05) is 26.2 Å². The van der Waals surface area contributed by atoms with Crippen LogP contribution < -0.4 is 5.32 Å². The van der Waals surface area contributed by atoms with E-state index in [2.05, 4.69) is 35.9 Å². The largest absolute Gasteiger partial charge is 0.326 e. The summed E-state index contributed by atoms with van der Waals surface area (Å²) >= 11 is 0. The SMILES string of the molecule is CCN(CC)CC#CCN1C(=O)NC(c2ccccc2)(c2ccccc2)C1=O. The lowest BCUT2D eigenvalue weighted by atomic mass is 9.82. The zero-order valence-electron chi connectivity index (χ0n) is 16.3. The van der Waals surface area contributed by atoms with E-state index in [9.17, 15) is 9.59 Å². The molecule has 0 saturated carbocycles. The Morgan fingerprint density at radius 2 is 1.43 bits per heavy atom. The first-order chi connectivity index (χ1) is 13.6. The molecule has 5 heteroatoms. The van der Waals surface area contributed by atoms with Crippen molar-refractivity contribution in [2.45, 2.75) is 19.4 Å². The Morgan fingerprint density at radius 1 is 0.893 bits per heavy atom. The topological polar surface area (TPSA) is 52.6 Å². The van der Waals surface area contributed by atoms with Gasteiger partial charge < -0.3 is 5.32 Å². The molecule has 2 aromatic carbocycles. The summed E-state index contributed by atoms with van der Waals surface area (Å²) in [7, 11) is 0. The number of benzene rings is 2. The number of carbonyl (C=O) groups excluding carboxylic acids is 2. The van der Waals surface area contributed by atoms with Gasteiger partial charge in [0.15, 0.2) is 5.54 Å². The number of carbonyl (C=O) groups is 2. The molecule has 2 aromatic rings. The number of rotatable bonds is 6. The van der Waals surface area contributed by atoms with E-state index in [1.807, 2.05) is 60.7 Å². The van der Waals surface area contributed by atoms with Gasteiger partial charge in [-0.1, -0.05) is 86.4 Å². The van der Waals surface area contributed by atoms with E-state index in [1.165, 1.54) is 4.90 Å². The second-order valence-electron chi connectivity index (χ2n) is 6.62. The monoisotopic (exact) mass is 375 g/mol. The number of amides is 3. The molecule has 0 radical (unpaired) electrons. The van der Waals surface area contributed by atoms with E-state index < -0.39 is 11.6 Å². The number of hydrogen-bond donors (Lipinski definition) is 1. The average molecular weight is 375 g/mol. The fourth-order valence-corrected chi connectivity index (χ4v) is 3.40. The first-order valence-electron chi connectivity index (χ1n) is 9.56. The standard InChI is InChI=1S/C23H25N3O2/c1-3-25(4-2)17-11-12-18-26-21(27)23(24-22(26)28,19-13-7-5-8-14-19)20-15-9-6-10-16-20/h5-10,13-16H,3-4,17-18H2,1-2H3,(H,24,28). The molecule has 3 amide bonds. The summed E-state index contributed by atoms with van der Waals surface area (Å²) in [6.45, 7) is 6.69. The van der Waals surface area contributed by atoms with Crippen molar-refractivity contribution in [3.8, 4) is 11.8 Å². The summed E-state index contributed by atoms with van der Waals surface area (Å²) in [5.41, 5.74) is 0.247. The van der Waals surface area contributed by atoms with Crippen LogP contribution in [0, 0.1) is 11.8 Å². The molecular weight excluding hydrogens is 350 g/mol. The van der Waals surface area contributed by atoms with E-state index >= 15 is 0 Å². The van der Waals surface area contributed by atoms with Gasteiger partial charge in [-0.05, 0) is 24.2 Å². The van der Waals surface area contributed by atoms with Crippen molar-refractivity contribution in [3.05, 3.63) is 71.8 Å². The van der Waals surface area contributed by atoms with Crippen molar-refractivity contribution in [2.24, 2.45) is 0 Å². The third-order valence-corrected chi connectivity index (χ3v) is 5.08. The van der Waals surface area contributed by atoms with Crippen LogP contribution in [-0.2, 0) is 10.3 Å². The van der Waals surface area contributed by atoms with E-state index in [0.29, 0.717) is 6.54 Å². The summed E-state index contributed by atoms with van der Waals surface area (Å²) in [6, 6.07) is 18.3. The highest BCUT2D eigenvalue weighted by Gasteiger charge is 2.53. The molecule has 0 bridgehead atoms. The molecule has 0 atom stereocenters. The van der Waals surface area contributed by atoms with Crippen LogP contribution in [0.25, 0.3) is 0 Å². The molecule has 0 aliphatic carbocycles. The van der Waals surface area contributed by atoms with Gasteiger partial charge in [0.1, 0.15) is 0 Å². The minimum Gasteiger partial charge on any atom is -0.315 e. The predicted molar refractivity (Wildman–Crippen MR) is 109 cm³/mol. The van der Waals surface area contributed by atoms with Crippen LogP contribution in [0.15, 0.2) is 60.7 Å². The second kappa shape index (κ2) is 8.73. The minimum atomic E-state index is -1.22. The van der Waals surface area contributed by atoms with Crippen LogP contribution in [-0.4, -0.2) is 47.9 Å². The molecule has 28 heavy (non-hydrogen) atoms. The molecule has 0 aromatic heterocycles. The normalized spacial score (nSPS) is 15.3. The molecule has 1 heterocycles. The maximum atomic E-state index is 13.4. The van der Waals surface area contributed by atoms with E-state index in [-0.39, 0.29) is 12.5 Å². The molecule has 0 unspecified atom stereocenters. The Hall–Kier alpha value is -3.10. The predicted octanol–water partition coefficient (Wildman–Crippen LogP) is 2.83. The van der Waals surface area contributed by atoms with Crippen molar-refractivity contribution < 1.29 is 9.59 Å². The van der Waals surface area contributed by atoms with Gasteiger partial charge in [-0.2, -0.15) is 0 Å². The van der Waals surface area contributed by atoms with Gasteiger partial charge in [-0.25, -0.2) is 9.69 Å². The highest BCUT2D eigenvalue weighted by atomic mass is 16.2. The van der Waals surface area contributed by atoms with Gasteiger partial charge >= 0.3 is 6.03 Å². The second-order valence-corrected chi connectivity index (χ2v) is 6.62. The lowest BCUT2D eigenvalue weighted by molar-refractivity contribution is -0.129. The quantitative estimate of drug-likeness (QED) is 0.624. The molecule has 3 rings (SSSR count). The number of urea groups is 1. The summed E-state index contributed by atoms with van der Waals surface area (Å²) < 4.78 is 0. The van der Waals surface area contributed by atoms with Crippen LogP contribution in [0.2, 0.25) is 0 Å². The fourth-order valence-electron chi connectivity index (χ4n) is 3.40. The zero-order valence-corrected chi connectivity index (χ0v) is 16.3. The fraction of sp³-hybridized carbons (Fsp3) is 0.304. The summed E-state index contributed by atoms with van der Waals surface area (Å²) in [4.78, 5) is 29.5. The van der Waals surface area contributed by atoms with Crippen LogP contribution >= 0.6 is 0 Å². The van der Waals surface area contributed by atoms with Crippen molar-refractivity contribution in [3.63, 3.8) is 0 Å². The molecular formula is C23H25N3O2. The van der Waals surface area contributed by atoms with Crippen molar-refractivity contribution in [1.82, 2.24) is 15.1 Å². The number of nitrogens with zero attached hydrogens (tertiary/aromatic N) is 2. The van der Waals surface area contributed by atoms with Gasteiger partial charge in [-0.15, -0.1) is 0 Å². The Labute approximate surface area is 166 Å². The third-order valence-electron chi connectivity index (χ3n) is 5.08. The Bertz CT molecular complexity index is 841. The van der Waals surface area contributed by atoms with Crippen molar-refractivity contribution in [1.29, 1.82) is 0 Å². The molecule has 144 valence electrons. The molecule has 1 N–H and O–H groups in total. The summed E-state index contributed by atoms with van der Waals surface area (Å²) in [5.74, 6) is 5.75. The summed E-state index contributed by atoms with van der Waals surface area (Å²) in [5, 5.41) is 2.93. The third kappa shape index (κ3) is 3.64.